The molecule has 1 amide bonds. The maximum absolute atomic E-state index is 12.7. The number of carbonyl (C=O) groups excluding carboxylic acids is 1. The zero-order valence-electron chi connectivity index (χ0n) is 11.7. The highest BCUT2D eigenvalue weighted by molar-refractivity contribution is 9.10. The Hall–Kier alpha value is -2.22. The van der Waals surface area contributed by atoms with E-state index in [4.69, 9.17) is 4.42 Å². The predicted octanol–water partition coefficient (Wildman–Crippen LogP) is 2.24. The van der Waals surface area contributed by atoms with Crippen LogP contribution in [-0.2, 0) is 6.42 Å². The summed E-state index contributed by atoms with van der Waals surface area (Å²) in [7, 11) is 0. The lowest BCUT2D eigenvalue weighted by Crippen LogP contribution is -2.39. The van der Waals surface area contributed by atoms with Crippen molar-refractivity contribution < 1.29 is 9.21 Å². The van der Waals surface area contributed by atoms with Crippen LogP contribution < -0.4 is 0 Å². The zero-order chi connectivity index (χ0) is 15.3. The van der Waals surface area contributed by atoms with Crippen molar-refractivity contribution in [3.8, 4) is 0 Å². The second kappa shape index (κ2) is 4.91. The van der Waals surface area contributed by atoms with Crippen LogP contribution in [0.2, 0.25) is 0 Å². The van der Waals surface area contributed by atoms with E-state index in [2.05, 4.69) is 31.0 Å². The molecule has 8 heteroatoms. The van der Waals surface area contributed by atoms with Gasteiger partial charge >= 0.3 is 0 Å². The molecule has 0 saturated carbocycles. The Bertz CT molecular complexity index is 871. The van der Waals surface area contributed by atoms with Gasteiger partial charge in [0.25, 0.3) is 5.91 Å². The van der Waals surface area contributed by atoms with Crippen LogP contribution in [0.15, 0.2) is 33.7 Å². The average molecular weight is 362 g/mol. The third-order valence-electron chi connectivity index (χ3n) is 3.88. The van der Waals surface area contributed by atoms with Crippen molar-refractivity contribution in [2.45, 2.75) is 19.4 Å². The van der Waals surface area contributed by atoms with Crippen molar-refractivity contribution in [2.75, 3.05) is 6.54 Å². The van der Waals surface area contributed by atoms with Gasteiger partial charge in [0.1, 0.15) is 11.5 Å². The molecule has 0 aliphatic carbocycles. The smallest absolute Gasteiger partial charge is 0.275 e. The lowest BCUT2D eigenvalue weighted by Gasteiger charge is -2.31. The summed E-state index contributed by atoms with van der Waals surface area (Å²) in [6, 6.07) is 1.57. The van der Waals surface area contributed by atoms with E-state index < -0.39 is 0 Å². The first kappa shape index (κ1) is 13.4. The summed E-state index contributed by atoms with van der Waals surface area (Å²) in [5.74, 6) is 0.736. The molecule has 1 aliphatic rings. The number of fused-ring (bicyclic) bond motifs is 2. The Morgan fingerprint density at radius 3 is 3.18 bits per heavy atom. The van der Waals surface area contributed by atoms with Crippen molar-refractivity contribution in [1.82, 2.24) is 24.5 Å². The lowest BCUT2D eigenvalue weighted by molar-refractivity contribution is 0.0661. The van der Waals surface area contributed by atoms with Crippen LogP contribution in [0, 0.1) is 0 Å². The average Bonchev–Trinajstić information content (AvgIpc) is 3.12. The number of carbonyl (C=O) groups is 1. The summed E-state index contributed by atoms with van der Waals surface area (Å²) in [5, 5.41) is 4.32. The molecule has 0 spiro atoms. The van der Waals surface area contributed by atoms with Gasteiger partial charge in [0.05, 0.1) is 10.5 Å². The first-order chi connectivity index (χ1) is 10.6. The number of amides is 1. The maximum atomic E-state index is 12.7. The van der Waals surface area contributed by atoms with Crippen LogP contribution in [-0.4, -0.2) is 36.9 Å². The summed E-state index contributed by atoms with van der Waals surface area (Å²) in [6.07, 6.45) is 5.55. The molecule has 0 aromatic carbocycles. The van der Waals surface area contributed by atoms with Crippen LogP contribution in [0.25, 0.3) is 5.65 Å². The van der Waals surface area contributed by atoms with Crippen LogP contribution in [0.1, 0.15) is 34.9 Å². The number of oxazole rings is 1. The molecular formula is C14H12BrN5O2. The number of aromatic nitrogens is 4. The highest BCUT2D eigenvalue weighted by atomic mass is 79.9. The minimum atomic E-state index is -0.125. The van der Waals surface area contributed by atoms with Gasteiger partial charge in [0.15, 0.2) is 17.7 Å². The molecule has 22 heavy (non-hydrogen) atoms. The van der Waals surface area contributed by atoms with Gasteiger partial charge in [-0.1, -0.05) is 0 Å². The van der Waals surface area contributed by atoms with Crippen LogP contribution in [0.4, 0.5) is 0 Å². The molecule has 0 fully saturated rings. The summed E-state index contributed by atoms with van der Waals surface area (Å²) in [6.45, 7) is 2.54. The number of hydrogen-bond acceptors (Lipinski definition) is 5. The Morgan fingerprint density at radius 2 is 2.32 bits per heavy atom. The van der Waals surface area contributed by atoms with E-state index in [0.29, 0.717) is 24.3 Å². The standard InChI is InChI=1S/C14H12BrN5O2/c1-8-13-11(22-7-17-13)2-3-19(8)14(21)10-4-12-16-5-9(15)6-20(12)18-10/h4-8H,2-3H2,1H3. The topological polar surface area (TPSA) is 76.5 Å². The van der Waals surface area contributed by atoms with E-state index in [1.807, 2.05) is 6.92 Å². The first-order valence-electron chi connectivity index (χ1n) is 6.87. The minimum Gasteiger partial charge on any atom is -0.448 e. The number of hydrogen-bond donors (Lipinski definition) is 0. The Labute approximate surface area is 134 Å². The normalized spacial score (nSPS) is 17.7. The molecule has 3 aromatic heterocycles. The van der Waals surface area contributed by atoms with E-state index >= 15 is 0 Å². The molecule has 112 valence electrons. The molecule has 7 nitrogen and oxygen atoms in total. The SMILES string of the molecule is CC1c2ncoc2CCN1C(=O)c1cc2ncc(Br)cn2n1. The van der Waals surface area contributed by atoms with Gasteiger partial charge in [-0.2, -0.15) is 5.10 Å². The molecule has 3 aromatic rings. The predicted molar refractivity (Wildman–Crippen MR) is 80.3 cm³/mol. The van der Waals surface area contributed by atoms with Crippen molar-refractivity contribution in [3.63, 3.8) is 0 Å². The highest BCUT2D eigenvalue weighted by Gasteiger charge is 2.32. The molecule has 4 rings (SSSR count). The van der Waals surface area contributed by atoms with Crippen LogP contribution in [0.5, 0.6) is 0 Å². The fourth-order valence-corrected chi connectivity index (χ4v) is 3.05. The Kier molecular flexibility index (Phi) is 3.00. The van der Waals surface area contributed by atoms with E-state index in [1.54, 1.807) is 27.9 Å². The van der Waals surface area contributed by atoms with Crippen molar-refractivity contribution >= 4 is 27.5 Å². The summed E-state index contributed by atoms with van der Waals surface area (Å²) < 4.78 is 7.73. The highest BCUT2D eigenvalue weighted by Crippen LogP contribution is 2.29. The first-order valence-corrected chi connectivity index (χ1v) is 7.67. The fourth-order valence-electron chi connectivity index (χ4n) is 2.75. The minimum absolute atomic E-state index is 0.122. The number of nitrogens with zero attached hydrogens (tertiary/aromatic N) is 5. The summed E-state index contributed by atoms with van der Waals surface area (Å²) in [5.41, 5.74) is 1.84. The molecule has 1 aliphatic heterocycles. The van der Waals surface area contributed by atoms with Crippen molar-refractivity contribution in [1.29, 1.82) is 0 Å². The van der Waals surface area contributed by atoms with Crippen LogP contribution >= 0.6 is 15.9 Å². The molecule has 0 N–H and O–H groups in total. The van der Waals surface area contributed by atoms with Gasteiger partial charge in [-0.15, -0.1) is 0 Å². The Morgan fingerprint density at radius 1 is 1.45 bits per heavy atom. The molecule has 1 unspecified atom stereocenters. The number of rotatable bonds is 1. The zero-order valence-corrected chi connectivity index (χ0v) is 13.3. The Balaban J connectivity index is 1.68. The van der Waals surface area contributed by atoms with Gasteiger partial charge in [-0.3, -0.25) is 4.79 Å². The second-order valence-corrected chi connectivity index (χ2v) is 6.11. The number of halogens is 1. The van der Waals surface area contributed by atoms with Gasteiger partial charge in [0, 0.05) is 31.4 Å². The molecule has 0 radical (unpaired) electrons. The van der Waals surface area contributed by atoms with E-state index in [9.17, 15) is 4.79 Å². The molecular weight excluding hydrogens is 350 g/mol. The largest absolute Gasteiger partial charge is 0.448 e. The summed E-state index contributed by atoms with van der Waals surface area (Å²) in [4.78, 5) is 23.0. The van der Waals surface area contributed by atoms with E-state index in [-0.39, 0.29) is 11.9 Å². The fraction of sp³-hybridized carbons (Fsp3) is 0.286. The van der Waals surface area contributed by atoms with Gasteiger partial charge in [-0.05, 0) is 22.9 Å². The third kappa shape index (κ3) is 2.02. The van der Waals surface area contributed by atoms with Gasteiger partial charge < -0.3 is 9.32 Å². The maximum Gasteiger partial charge on any atom is 0.275 e. The molecule has 0 saturated heterocycles. The second-order valence-electron chi connectivity index (χ2n) is 5.19. The van der Waals surface area contributed by atoms with Gasteiger partial charge in [-0.25, -0.2) is 14.5 Å². The molecule has 4 heterocycles. The van der Waals surface area contributed by atoms with Crippen LogP contribution in [0.3, 0.4) is 0 Å². The van der Waals surface area contributed by atoms with Gasteiger partial charge in [0.2, 0.25) is 0 Å². The van der Waals surface area contributed by atoms with E-state index in [0.717, 1.165) is 15.9 Å². The summed E-state index contributed by atoms with van der Waals surface area (Å²) >= 11 is 3.34. The van der Waals surface area contributed by atoms with Crippen molar-refractivity contribution in [2.24, 2.45) is 0 Å². The van der Waals surface area contributed by atoms with Crippen molar-refractivity contribution in [3.05, 3.63) is 46.5 Å². The quantitative estimate of drug-likeness (QED) is 0.664. The molecule has 1 atom stereocenters. The monoisotopic (exact) mass is 361 g/mol. The third-order valence-corrected chi connectivity index (χ3v) is 4.29. The van der Waals surface area contributed by atoms with E-state index in [1.165, 1.54) is 6.39 Å². The molecule has 0 bridgehead atoms. The lowest BCUT2D eigenvalue weighted by atomic mass is 10.0.